The van der Waals surface area contributed by atoms with Gasteiger partial charge in [0.05, 0.1) is 12.2 Å². The zero-order valence-electron chi connectivity index (χ0n) is 16.0. The molecule has 0 spiro atoms. The Kier molecular flexibility index (Phi) is 4.15. The van der Waals surface area contributed by atoms with E-state index in [0.717, 1.165) is 49.2 Å². The highest BCUT2D eigenvalue weighted by molar-refractivity contribution is 5.53. The molecule has 2 unspecified atom stereocenters. The Hall–Kier alpha value is -2.84. The predicted octanol–water partition coefficient (Wildman–Crippen LogP) is 3.56. The number of halogens is 3. The molecule has 5 heterocycles. The Morgan fingerprint density at radius 1 is 1.07 bits per heavy atom. The van der Waals surface area contributed by atoms with Gasteiger partial charge in [-0.3, -0.25) is 0 Å². The van der Waals surface area contributed by atoms with E-state index >= 15 is 0 Å². The molecule has 0 N–H and O–H groups in total. The van der Waals surface area contributed by atoms with E-state index in [2.05, 4.69) is 20.0 Å². The van der Waals surface area contributed by atoms with Crippen LogP contribution in [0.3, 0.4) is 0 Å². The van der Waals surface area contributed by atoms with E-state index in [0.29, 0.717) is 18.3 Å². The van der Waals surface area contributed by atoms with E-state index in [1.54, 1.807) is 12.3 Å². The first-order valence-electron chi connectivity index (χ1n) is 9.77. The first-order chi connectivity index (χ1) is 13.9. The van der Waals surface area contributed by atoms with E-state index in [1.165, 1.54) is 6.07 Å². The van der Waals surface area contributed by atoms with Crippen LogP contribution in [0.15, 0.2) is 36.5 Å². The number of fused-ring (bicyclic) bond motifs is 2. The zero-order chi connectivity index (χ0) is 20.2. The van der Waals surface area contributed by atoms with Crippen LogP contribution >= 0.6 is 0 Å². The van der Waals surface area contributed by atoms with Gasteiger partial charge in [0.25, 0.3) is 0 Å². The molecule has 0 amide bonds. The van der Waals surface area contributed by atoms with Crippen molar-refractivity contribution in [2.75, 3.05) is 29.4 Å². The molecule has 3 aromatic heterocycles. The summed E-state index contributed by atoms with van der Waals surface area (Å²) in [5, 5.41) is 4.42. The quantitative estimate of drug-likeness (QED) is 0.656. The summed E-state index contributed by atoms with van der Waals surface area (Å²) >= 11 is 0. The third-order valence-electron chi connectivity index (χ3n) is 5.97. The molecule has 2 aliphatic rings. The van der Waals surface area contributed by atoms with Crippen molar-refractivity contribution in [3.05, 3.63) is 47.9 Å². The minimum atomic E-state index is -4.44. The summed E-state index contributed by atoms with van der Waals surface area (Å²) in [5.74, 6) is 1.89. The van der Waals surface area contributed by atoms with Gasteiger partial charge in [0, 0.05) is 37.5 Å². The van der Waals surface area contributed by atoms with Crippen molar-refractivity contribution in [2.24, 2.45) is 5.92 Å². The molecule has 2 fully saturated rings. The summed E-state index contributed by atoms with van der Waals surface area (Å²) in [7, 11) is 0. The Bertz CT molecular complexity index is 1050. The molecule has 2 atom stereocenters. The maximum absolute atomic E-state index is 13.1. The summed E-state index contributed by atoms with van der Waals surface area (Å²) < 4.78 is 41.1. The lowest BCUT2D eigenvalue weighted by atomic mass is 9.92. The van der Waals surface area contributed by atoms with Gasteiger partial charge in [-0.25, -0.2) is 9.97 Å². The fraction of sp³-hybridized carbons (Fsp3) is 0.450. The van der Waals surface area contributed by atoms with E-state index in [9.17, 15) is 13.2 Å². The Morgan fingerprint density at radius 3 is 2.72 bits per heavy atom. The SMILES string of the molecule is Cc1cc(N2CCC3CCN(c4cccc(C(F)(F)F)n4)CC32)n2nccc2n1. The first-order valence-corrected chi connectivity index (χ1v) is 9.77. The monoisotopic (exact) mass is 402 g/mol. The number of anilines is 2. The van der Waals surface area contributed by atoms with Crippen LogP contribution in [0.4, 0.5) is 24.8 Å². The second-order valence-electron chi connectivity index (χ2n) is 7.78. The molecule has 3 aromatic rings. The summed E-state index contributed by atoms with van der Waals surface area (Å²) in [6, 6.07) is 8.23. The average molecular weight is 402 g/mol. The lowest BCUT2D eigenvalue weighted by Gasteiger charge is -2.39. The number of pyridine rings is 1. The highest BCUT2D eigenvalue weighted by Gasteiger charge is 2.40. The zero-order valence-corrected chi connectivity index (χ0v) is 16.0. The first kappa shape index (κ1) is 18.2. The minimum Gasteiger partial charge on any atom is -0.355 e. The lowest BCUT2D eigenvalue weighted by Crippen LogP contribution is -2.49. The second-order valence-corrected chi connectivity index (χ2v) is 7.78. The Labute approximate surface area is 166 Å². The van der Waals surface area contributed by atoms with Crippen LogP contribution in [0.1, 0.15) is 24.2 Å². The van der Waals surface area contributed by atoms with Crippen LogP contribution in [0.2, 0.25) is 0 Å². The number of aromatic nitrogens is 4. The van der Waals surface area contributed by atoms with Crippen LogP contribution in [0, 0.1) is 12.8 Å². The summed E-state index contributed by atoms with van der Waals surface area (Å²) in [4.78, 5) is 12.7. The van der Waals surface area contributed by atoms with Gasteiger partial charge < -0.3 is 9.80 Å². The molecule has 0 bridgehead atoms. The molecule has 2 saturated heterocycles. The minimum absolute atomic E-state index is 0.203. The fourth-order valence-corrected chi connectivity index (χ4v) is 4.61. The molecular formula is C20H21F3N6. The molecule has 2 aliphatic heterocycles. The standard InChI is InChI=1S/C20H21F3N6/c1-13-11-19(29-18(25-13)5-8-24-29)28-10-7-14-6-9-27(12-15(14)28)17-4-2-3-16(26-17)20(21,22)23/h2-5,8,11,14-15H,6-7,9-10,12H2,1H3. The molecule has 0 saturated carbocycles. The van der Waals surface area contributed by atoms with Gasteiger partial charge in [0.15, 0.2) is 5.65 Å². The van der Waals surface area contributed by atoms with Gasteiger partial charge >= 0.3 is 6.18 Å². The second kappa shape index (κ2) is 6.60. The predicted molar refractivity (Wildman–Crippen MR) is 103 cm³/mol. The van der Waals surface area contributed by atoms with Crippen LogP contribution in [-0.4, -0.2) is 45.3 Å². The topological polar surface area (TPSA) is 49.6 Å². The highest BCUT2D eigenvalue weighted by atomic mass is 19.4. The highest BCUT2D eigenvalue weighted by Crippen LogP contribution is 2.37. The van der Waals surface area contributed by atoms with Gasteiger partial charge in [-0.1, -0.05) is 6.07 Å². The third kappa shape index (κ3) is 3.18. The van der Waals surface area contributed by atoms with Crippen molar-refractivity contribution in [3.8, 4) is 0 Å². The number of nitrogens with zero attached hydrogens (tertiary/aromatic N) is 6. The smallest absolute Gasteiger partial charge is 0.355 e. The largest absolute Gasteiger partial charge is 0.433 e. The number of alkyl halides is 3. The molecule has 152 valence electrons. The van der Waals surface area contributed by atoms with Gasteiger partial charge in [-0.05, 0) is 37.8 Å². The molecule has 0 radical (unpaired) electrons. The number of piperidine rings is 1. The number of hydrogen-bond acceptors (Lipinski definition) is 5. The van der Waals surface area contributed by atoms with Crippen molar-refractivity contribution >= 4 is 17.3 Å². The van der Waals surface area contributed by atoms with Gasteiger partial charge in [0.1, 0.15) is 17.3 Å². The van der Waals surface area contributed by atoms with Gasteiger partial charge in [0.2, 0.25) is 0 Å². The van der Waals surface area contributed by atoms with Crippen molar-refractivity contribution < 1.29 is 13.2 Å². The summed E-state index contributed by atoms with van der Waals surface area (Å²) in [6.07, 6.45) is -0.698. The number of rotatable bonds is 2. The van der Waals surface area contributed by atoms with Gasteiger partial charge in [-0.15, -0.1) is 0 Å². The number of hydrogen-bond donors (Lipinski definition) is 0. The third-order valence-corrected chi connectivity index (χ3v) is 5.97. The Balaban J connectivity index is 1.46. The van der Waals surface area contributed by atoms with Crippen LogP contribution in [0.5, 0.6) is 0 Å². The molecule has 5 rings (SSSR count). The number of aryl methyl sites for hydroxylation is 1. The van der Waals surface area contributed by atoms with Crippen molar-refractivity contribution in [3.63, 3.8) is 0 Å². The van der Waals surface area contributed by atoms with Gasteiger partial charge in [-0.2, -0.15) is 22.8 Å². The maximum atomic E-state index is 13.1. The van der Waals surface area contributed by atoms with E-state index in [1.807, 2.05) is 28.5 Å². The molecule has 9 heteroatoms. The van der Waals surface area contributed by atoms with E-state index < -0.39 is 11.9 Å². The molecule has 29 heavy (non-hydrogen) atoms. The molecule has 6 nitrogen and oxygen atoms in total. The molecule has 0 aromatic carbocycles. The normalized spacial score (nSPS) is 22.3. The van der Waals surface area contributed by atoms with Crippen LogP contribution < -0.4 is 9.80 Å². The Morgan fingerprint density at radius 2 is 1.90 bits per heavy atom. The van der Waals surface area contributed by atoms with Crippen molar-refractivity contribution in [1.29, 1.82) is 0 Å². The van der Waals surface area contributed by atoms with Crippen molar-refractivity contribution in [2.45, 2.75) is 32.0 Å². The van der Waals surface area contributed by atoms with E-state index in [-0.39, 0.29) is 6.04 Å². The maximum Gasteiger partial charge on any atom is 0.433 e. The van der Waals surface area contributed by atoms with E-state index in [4.69, 9.17) is 0 Å². The van der Waals surface area contributed by atoms with Crippen molar-refractivity contribution in [1.82, 2.24) is 19.6 Å². The molecular weight excluding hydrogens is 381 g/mol. The summed E-state index contributed by atoms with van der Waals surface area (Å²) in [6.45, 7) is 4.22. The van der Waals surface area contributed by atoms with Crippen LogP contribution in [0.25, 0.3) is 5.65 Å². The molecule has 0 aliphatic carbocycles. The fourth-order valence-electron chi connectivity index (χ4n) is 4.61. The average Bonchev–Trinajstić information content (AvgIpc) is 3.33. The summed E-state index contributed by atoms with van der Waals surface area (Å²) in [5.41, 5.74) is 0.878. The lowest BCUT2D eigenvalue weighted by molar-refractivity contribution is -0.141. The van der Waals surface area contributed by atoms with Crippen LogP contribution in [-0.2, 0) is 6.18 Å².